The Morgan fingerprint density at radius 2 is 1.07 bits per heavy atom. The number of rotatable bonds is 15. The molecule has 4 aliphatic heterocycles. The van der Waals surface area contributed by atoms with Crippen molar-refractivity contribution >= 4 is 71.6 Å². The summed E-state index contributed by atoms with van der Waals surface area (Å²) >= 11 is 3.35. The topological polar surface area (TPSA) is 188 Å². The first-order valence-corrected chi connectivity index (χ1v) is 29.0. The molecule has 2 saturated carbocycles. The molecule has 4 unspecified atom stereocenters. The van der Waals surface area contributed by atoms with Gasteiger partial charge < -0.3 is 47.9 Å². The van der Waals surface area contributed by atoms with Crippen molar-refractivity contribution in [3.05, 3.63) is 119 Å². The molecule has 4 aromatic heterocycles. The number of esters is 2. The molecule has 0 spiro atoms. The highest BCUT2D eigenvalue weighted by molar-refractivity contribution is 7.22. The van der Waals surface area contributed by atoms with Gasteiger partial charge in [-0.2, -0.15) is 0 Å². The molecule has 2 aliphatic carbocycles. The number of nitrogens with zero attached hydrogens (tertiary/aromatic N) is 7. The van der Waals surface area contributed by atoms with Crippen molar-refractivity contribution in [1.82, 2.24) is 30.5 Å². The van der Waals surface area contributed by atoms with Gasteiger partial charge in [-0.05, 0) is 118 Å². The summed E-state index contributed by atoms with van der Waals surface area (Å²) in [6, 6.07) is 28.9. The Kier molecular flexibility index (Phi) is 17.5. The normalized spacial score (nSPS) is 19.9. The second-order valence-electron chi connectivity index (χ2n) is 21.2. The van der Waals surface area contributed by atoms with Crippen molar-refractivity contribution in [3.8, 4) is 34.0 Å². The van der Waals surface area contributed by atoms with Gasteiger partial charge in [-0.3, -0.25) is 4.90 Å². The van der Waals surface area contributed by atoms with E-state index in [2.05, 4.69) is 36.4 Å². The van der Waals surface area contributed by atoms with Crippen molar-refractivity contribution in [2.75, 3.05) is 71.0 Å². The van der Waals surface area contributed by atoms with Crippen molar-refractivity contribution in [1.29, 1.82) is 0 Å². The van der Waals surface area contributed by atoms with E-state index in [1.165, 1.54) is 58.3 Å². The summed E-state index contributed by atoms with van der Waals surface area (Å²) in [4.78, 5) is 51.9. The number of fused-ring (bicyclic) bond motifs is 6. The highest BCUT2D eigenvalue weighted by Crippen LogP contribution is 2.47. The van der Waals surface area contributed by atoms with E-state index in [1.54, 1.807) is 49.0 Å². The van der Waals surface area contributed by atoms with Gasteiger partial charge in [-0.15, -0.1) is 0 Å². The Morgan fingerprint density at radius 3 is 1.54 bits per heavy atom. The van der Waals surface area contributed by atoms with Gasteiger partial charge >= 0.3 is 11.9 Å². The Bertz CT molecular complexity index is 3480. The Balaban J connectivity index is 0.000000148. The number of likely N-dealkylation sites (tertiary alicyclic amines) is 1. The molecule has 8 aromatic rings. The van der Waals surface area contributed by atoms with Gasteiger partial charge in [-0.25, -0.2) is 19.6 Å². The molecule has 0 radical (unpaired) electrons. The predicted octanol–water partition coefficient (Wildman–Crippen LogP) is 11.8. The lowest BCUT2D eigenvalue weighted by molar-refractivity contribution is -0.107. The smallest absolute Gasteiger partial charge is 0.337 e. The number of carbonyl (C=O) groups is 3. The second kappa shape index (κ2) is 24.9. The largest absolute Gasteiger partial charge is 0.496 e. The molecule has 81 heavy (non-hydrogen) atoms. The van der Waals surface area contributed by atoms with Crippen LogP contribution in [-0.2, 0) is 27.1 Å². The molecule has 14 rings (SSSR count). The minimum Gasteiger partial charge on any atom is -0.496 e. The zero-order chi connectivity index (χ0) is 54.1. The first kappa shape index (κ1) is 57.1. The van der Waals surface area contributed by atoms with Crippen molar-refractivity contribution in [3.63, 3.8) is 0 Å². The minimum absolute atomic E-state index is 0. The zero-order valence-corrected chi connectivity index (χ0v) is 46.5. The van der Waals surface area contributed by atoms with Crippen LogP contribution >= 0.6 is 22.7 Å². The summed E-state index contributed by atoms with van der Waals surface area (Å²) in [5, 5.41) is 14.3. The number of carbonyl (C=O) groups excluding carboxylic acids is 3. The van der Waals surface area contributed by atoms with E-state index in [0.29, 0.717) is 53.6 Å². The molecular weight excluding hydrogens is 1060 g/mol. The number of aldehydes is 1. The SMILES string of the molecule is C.C.COC(=O)c1ccc2nc(N3C4CCC3CN(CCc3c(-c5ccccc5OC)noc3C3CC3)C4)sc2c1.COC(=O)c1ccc2nc(N3C4CCC3CNC4)sc2c1.COc1ccccc1-c1noc(C2CC2)c1CC=O. The van der Waals surface area contributed by atoms with Crippen molar-refractivity contribution < 1.29 is 42.4 Å². The van der Waals surface area contributed by atoms with Gasteiger partial charge in [-0.1, -0.05) is 72.1 Å². The Hall–Kier alpha value is -7.19. The maximum Gasteiger partial charge on any atom is 0.337 e. The summed E-state index contributed by atoms with van der Waals surface area (Å²) in [5.74, 6) is 3.84. The second-order valence-corrected chi connectivity index (χ2v) is 23.2. The van der Waals surface area contributed by atoms with Crippen molar-refractivity contribution in [2.45, 2.75) is 115 Å². The van der Waals surface area contributed by atoms with Gasteiger partial charge in [0, 0.05) is 97.4 Å². The van der Waals surface area contributed by atoms with E-state index < -0.39 is 0 Å². The van der Waals surface area contributed by atoms with Gasteiger partial charge in [0.2, 0.25) is 0 Å². The van der Waals surface area contributed by atoms with E-state index in [4.69, 9.17) is 38.0 Å². The molecule has 8 heterocycles. The maximum absolute atomic E-state index is 12.0. The number of aromatic nitrogens is 4. The number of thiazole rings is 2. The van der Waals surface area contributed by atoms with Gasteiger partial charge in [0.25, 0.3) is 0 Å². The fourth-order valence-electron chi connectivity index (χ4n) is 12.0. The first-order valence-electron chi connectivity index (χ1n) is 27.4. The van der Waals surface area contributed by atoms with Crippen molar-refractivity contribution in [2.24, 2.45) is 0 Å². The molecule has 6 aliphatic rings. The molecule has 17 nitrogen and oxygen atoms in total. The van der Waals surface area contributed by atoms with E-state index in [-0.39, 0.29) is 26.8 Å². The lowest BCUT2D eigenvalue weighted by Gasteiger charge is -2.41. The predicted molar refractivity (Wildman–Crippen MR) is 318 cm³/mol. The van der Waals surface area contributed by atoms with Crippen LogP contribution in [0.3, 0.4) is 0 Å². The molecule has 4 aromatic carbocycles. The van der Waals surface area contributed by atoms with Crippen LogP contribution in [0.2, 0.25) is 0 Å². The Morgan fingerprint density at radius 1 is 0.617 bits per heavy atom. The maximum atomic E-state index is 12.0. The van der Waals surface area contributed by atoms with Crippen LogP contribution in [0.5, 0.6) is 11.5 Å². The summed E-state index contributed by atoms with van der Waals surface area (Å²) in [5.41, 5.74) is 8.73. The number of methoxy groups -OCH3 is 4. The fourth-order valence-corrected chi connectivity index (χ4v) is 14.3. The van der Waals surface area contributed by atoms with Crippen LogP contribution in [0.1, 0.15) is 121 Å². The van der Waals surface area contributed by atoms with Gasteiger partial charge in [0.05, 0.1) is 60.0 Å². The fraction of sp³-hybridized carbons (Fsp3) is 0.435. The third-order valence-corrected chi connectivity index (χ3v) is 18.3. The van der Waals surface area contributed by atoms with Gasteiger partial charge in [0.1, 0.15) is 40.7 Å². The van der Waals surface area contributed by atoms with Crippen LogP contribution in [0, 0.1) is 0 Å². The minimum atomic E-state index is -0.313. The number of hydrogen-bond acceptors (Lipinski definition) is 19. The molecular formula is C62H72N8O9S2. The van der Waals surface area contributed by atoms with Crippen LogP contribution in [-0.4, -0.2) is 129 Å². The lowest BCUT2D eigenvalue weighted by atomic mass is 10.0. The first-order chi connectivity index (χ1) is 38.7. The number of piperazine rings is 2. The Labute approximate surface area is 480 Å². The monoisotopic (exact) mass is 1140 g/mol. The number of hydrogen-bond donors (Lipinski definition) is 1. The third-order valence-electron chi connectivity index (χ3n) is 16.2. The van der Waals surface area contributed by atoms with Crippen LogP contribution in [0.4, 0.5) is 10.3 Å². The molecule has 4 bridgehead atoms. The molecule has 19 heteroatoms. The number of anilines is 2. The summed E-state index contributed by atoms with van der Waals surface area (Å²) < 4.78 is 34.1. The highest BCUT2D eigenvalue weighted by Gasteiger charge is 2.42. The molecule has 4 saturated heterocycles. The summed E-state index contributed by atoms with van der Waals surface area (Å²) in [7, 11) is 6.15. The molecule has 4 atom stereocenters. The molecule has 6 fully saturated rings. The summed E-state index contributed by atoms with van der Waals surface area (Å²) in [6.45, 7) is 5.10. The number of ether oxygens (including phenoxy) is 4. The average Bonchev–Trinajstić information content (AvgIpc) is 4.39. The number of para-hydroxylation sites is 2. The summed E-state index contributed by atoms with van der Waals surface area (Å²) in [6.07, 6.45) is 11.6. The standard InChI is InChI=1S/C30H32N4O4S.C15H17N3O2S.C15H15NO3.2CH4/c1-36-25-6-4-3-5-22(25)27-23(28(38-32-27)18-7-8-18)13-14-33-16-20-10-11-21(17-33)34(20)30-31-24-12-9-19(29(35)37-2)15-26(24)39-30;1-20-14(19)9-2-5-12-13(6-9)21-15(17-12)18-10-3-4-11(18)8-16-7-10;1-18-13-5-3-2-4-11(13)14-12(8-9-17)15(19-16-14)10-6-7-10;;/h3-6,9,12,15,18,20-21H,7-8,10-11,13-14,16-17H2,1-2H3;2,5-6,10-11,16H,3-4,7-8H2,1H3;2-5,9-10H,6-8H2,1H3;2*1H4. The molecule has 0 amide bonds. The number of benzene rings is 4. The average molecular weight is 1140 g/mol. The molecule has 426 valence electrons. The van der Waals surface area contributed by atoms with E-state index in [9.17, 15) is 14.4 Å². The van der Waals surface area contributed by atoms with E-state index in [0.717, 1.165) is 140 Å². The lowest BCUT2D eigenvalue weighted by Crippen LogP contribution is -2.54. The van der Waals surface area contributed by atoms with Crippen LogP contribution < -0.4 is 24.6 Å². The van der Waals surface area contributed by atoms with Crippen LogP contribution in [0.25, 0.3) is 42.9 Å². The zero-order valence-electron chi connectivity index (χ0n) is 44.9. The molecule has 1 N–H and O–H groups in total. The number of nitrogens with one attached hydrogen (secondary N) is 1. The third kappa shape index (κ3) is 11.7. The van der Waals surface area contributed by atoms with E-state index in [1.807, 2.05) is 66.7 Å². The van der Waals surface area contributed by atoms with E-state index >= 15 is 0 Å². The van der Waals surface area contributed by atoms with Gasteiger partial charge in [0.15, 0.2) is 10.3 Å². The quantitative estimate of drug-likeness (QED) is 0.0753. The van der Waals surface area contributed by atoms with Crippen LogP contribution in [0.15, 0.2) is 94.0 Å². The highest BCUT2D eigenvalue weighted by atomic mass is 32.1.